The molecule has 42 valence electrons. The molecular weight excluding hydrogens is 117 g/mol. The predicted molar refractivity (Wildman–Crippen MR) is 39.8 cm³/mol. The maximum Gasteiger partial charge on any atom is 0.165 e. The number of hydrogen-bond donors (Lipinski definition) is 0. The van der Waals surface area contributed by atoms with Crippen LogP contribution in [0.15, 0.2) is 0 Å². The van der Waals surface area contributed by atoms with Crippen molar-refractivity contribution in [1.82, 2.24) is 4.37 Å². The van der Waals surface area contributed by atoms with Gasteiger partial charge in [0.25, 0.3) is 0 Å². The SMILES string of the molecule is Bc1nsc(C)c1C. The minimum Gasteiger partial charge on any atom is -0.208 e. The van der Waals surface area contributed by atoms with Crippen LogP contribution in [0.1, 0.15) is 10.4 Å². The Kier molecular flexibility index (Phi) is 1.38. The van der Waals surface area contributed by atoms with Gasteiger partial charge in [-0.2, -0.15) is 0 Å². The van der Waals surface area contributed by atoms with Crippen molar-refractivity contribution in [2.24, 2.45) is 0 Å². The van der Waals surface area contributed by atoms with E-state index < -0.39 is 0 Å². The van der Waals surface area contributed by atoms with Gasteiger partial charge in [0, 0.05) is 10.5 Å². The summed E-state index contributed by atoms with van der Waals surface area (Å²) in [5.41, 5.74) is 2.52. The first kappa shape index (κ1) is 5.82. The van der Waals surface area contributed by atoms with Crippen LogP contribution >= 0.6 is 11.5 Å². The molecule has 0 aliphatic rings. The number of aromatic nitrogens is 1. The normalized spacial score (nSPS) is 9.75. The van der Waals surface area contributed by atoms with Gasteiger partial charge in [-0.1, -0.05) is 0 Å². The van der Waals surface area contributed by atoms with Crippen molar-refractivity contribution in [3.05, 3.63) is 10.4 Å². The predicted octanol–water partition coefficient (Wildman–Crippen LogP) is 0.0183. The van der Waals surface area contributed by atoms with Crippen molar-refractivity contribution >= 4 is 25.0 Å². The van der Waals surface area contributed by atoms with Crippen LogP contribution in [-0.4, -0.2) is 12.2 Å². The fraction of sp³-hybridized carbons (Fsp3) is 0.400. The van der Waals surface area contributed by atoms with Crippen molar-refractivity contribution in [2.45, 2.75) is 13.8 Å². The number of hydrogen-bond acceptors (Lipinski definition) is 2. The quantitative estimate of drug-likeness (QED) is 0.445. The van der Waals surface area contributed by atoms with Gasteiger partial charge in [-0.25, -0.2) is 4.37 Å². The van der Waals surface area contributed by atoms with Gasteiger partial charge in [0.2, 0.25) is 0 Å². The highest BCUT2D eigenvalue weighted by atomic mass is 32.1. The zero-order chi connectivity index (χ0) is 6.15. The lowest BCUT2D eigenvalue weighted by Crippen LogP contribution is -2.05. The summed E-state index contributed by atoms with van der Waals surface area (Å²) in [6.07, 6.45) is 0. The van der Waals surface area contributed by atoms with Gasteiger partial charge in [-0.15, -0.1) is 0 Å². The Morgan fingerprint density at radius 1 is 1.50 bits per heavy atom. The number of rotatable bonds is 0. The van der Waals surface area contributed by atoms with E-state index in [1.54, 1.807) is 11.5 Å². The number of aryl methyl sites for hydroxylation is 1. The summed E-state index contributed by atoms with van der Waals surface area (Å²) in [6, 6.07) is 0. The molecule has 1 aromatic rings. The van der Waals surface area contributed by atoms with Crippen LogP contribution < -0.4 is 5.59 Å². The largest absolute Gasteiger partial charge is 0.208 e. The Bertz CT molecular complexity index is 175. The maximum atomic E-state index is 4.16. The van der Waals surface area contributed by atoms with Crippen LogP contribution in [-0.2, 0) is 0 Å². The molecule has 0 saturated carbocycles. The van der Waals surface area contributed by atoms with E-state index >= 15 is 0 Å². The Hall–Kier alpha value is -0.305. The summed E-state index contributed by atoms with van der Waals surface area (Å²) < 4.78 is 4.16. The van der Waals surface area contributed by atoms with E-state index in [-0.39, 0.29) is 0 Å². The molecule has 0 unspecified atom stereocenters. The van der Waals surface area contributed by atoms with Crippen LogP contribution in [0, 0.1) is 13.8 Å². The van der Waals surface area contributed by atoms with Gasteiger partial charge in [0.15, 0.2) is 7.85 Å². The average molecular weight is 125 g/mol. The van der Waals surface area contributed by atoms with E-state index in [1.165, 1.54) is 16.0 Å². The molecule has 0 atom stereocenters. The third-order valence-corrected chi connectivity index (χ3v) is 2.34. The first-order chi connectivity index (χ1) is 3.72. The van der Waals surface area contributed by atoms with E-state index in [4.69, 9.17) is 0 Å². The molecule has 1 rings (SSSR count). The third-order valence-electron chi connectivity index (χ3n) is 1.39. The topological polar surface area (TPSA) is 12.9 Å². The van der Waals surface area contributed by atoms with Gasteiger partial charge >= 0.3 is 0 Å². The van der Waals surface area contributed by atoms with Crippen LogP contribution in [0.3, 0.4) is 0 Å². The Balaban J connectivity index is 3.19. The summed E-state index contributed by atoms with van der Waals surface area (Å²) in [6.45, 7) is 4.20. The van der Waals surface area contributed by atoms with E-state index in [2.05, 4.69) is 18.2 Å². The molecular formula is C5H8BNS. The van der Waals surface area contributed by atoms with E-state index in [9.17, 15) is 0 Å². The molecule has 0 aromatic carbocycles. The molecule has 0 amide bonds. The van der Waals surface area contributed by atoms with Crippen LogP contribution in [0.25, 0.3) is 0 Å². The van der Waals surface area contributed by atoms with Crippen LogP contribution in [0.2, 0.25) is 0 Å². The summed E-state index contributed by atoms with van der Waals surface area (Å²) in [4.78, 5) is 1.34. The molecule has 0 bridgehead atoms. The summed E-state index contributed by atoms with van der Waals surface area (Å²) in [5, 5.41) is 0. The second-order valence-corrected chi connectivity index (χ2v) is 2.93. The first-order valence-corrected chi connectivity index (χ1v) is 3.38. The molecule has 0 fully saturated rings. The average Bonchev–Trinajstić information content (AvgIpc) is 1.98. The van der Waals surface area contributed by atoms with Gasteiger partial charge < -0.3 is 0 Å². The lowest BCUT2D eigenvalue weighted by molar-refractivity contribution is 1.45. The fourth-order valence-corrected chi connectivity index (χ4v) is 1.22. The van der Waals surface area contributed by atoms with Crippen molar-refractivity contribution in [1.29, 1.82) is 0 Å². The molecule has 1 heterocycles. The molecule has 0 N–H and O–H groups in total. The molecule has 1 aromatic heterocycles. The second kappa shape index (κ2) is 1.90. The highest BCUT2D eigenvalue weighted by molar-refractivity contribution is 7.06. The van der Waals surface area contributed by atoms with E-state index in [1.807, 2.05) is 7.85 Å². The molecule has 0 aliphatic carbocycles. The third kappa shape index (κ3) is 0.779. The molecule has 8 heavy (non-hydrogen) atoms. The van der Waals surface area contributed by atoms with Gasteiger partial charge in [0.05, 0.1) is 0 Å². The second-order valence-electron chi connectivity index (χ2n) is 1.95. The van der Waals surface area contributed by atoms with Gasteiger partial charge in [0.1, 0.15) is 0 Å². The molecule has 0 aliphatic heterocycles. The van der Waals surface area contributed by atoms with Gasteiger partial charge in [-0.3, -0.25) is 0 Å². The summed E-state index contributed by atoms with van der Waals surface area (Å²) in [5.74, 6) is 0. The minimum absolute atomic E-state index is 1.17. The zero-order valence-corrected chi connectivity index (χ0v) is 6.17. The van der Waals surface area contributed by atoms with Crippen molar-refractivity contribution in [2.75, 3.05) is 0 Å². The molecule has 0 spiro atoms. The highest BCUT2D eigenvalue weighted by Crippen LogP contribution is 2.05. The molecule has 0 saturated heterocycles. The summed E-state index contributed by atoms with van der Waals surface area (Å²) >= 11 is 1.58. The van der Waals surface area contributed by atoms with Crippen molar-refractivity contribution < 1.29 is 0 Å². The lowest BCUT2D eigenvalue weighted by atomic mass is 10.00. The van der Waals surface area contributed by atoms with Crippen molar-refractivity contribution in [3.63, 3.8) is 0 Å². The Labute approximate surface area is 54.3 Å². The molecule has 0 radical (unpaired) electrons. The van der Waals surface area contributed by atoms with E-state index in [0.717, 1.165) is 0 Å². The Morgan fingerprint density at radius 3 is 2.25 bits per heavy atom. The highest BCUT2D eigenvalue weighted by Gasteiger charge is 1.97. The monoisotopic (exact) mass is 125 g/mol. The van der Waals surface area contributed by atoms with E-state index in [0.29, 0.717) is 0 Å². The number of nitrogens with zero attached hydrogens (tertiary/aromatic N) is 1. The maximum absolute atomic E-state index is 4.16. The van der Waals surface area contributed by atoms with Gasteiger partial charge in [-0.05, 0) is 30.9 Å². The smallest absolute Gasteiger partial charge is 0.165 e. The van der Waals surface area contributed by atoms with Crippen LogP contribution in [0.4, 0.5) is 0 Å². The Morgan fingerprint density at radius 2 is 2.12 bits per heavy atom. The minimum atomic E-state index is 1.17. The molecule has 1 nitrogen and oxygen atoms in total. The summed E-state index contributed by atoms with van der Waals surface area (Å²) in [7, 11) is 2.04. The first-order valence-electron chi connectivity index (χ1n) is 2.61. The van der Waals surface area contributed by atoms with Crippen molar-refractivity contribution in [3.8, 4) is 0 Å². The molecule has 3 heteroatoms. The lowest BCUT2D eigenvalue weighted by Gasteiger charge is -1.83. The standard InChI is InChI=1S/C5H8BNS/c1-3-4(2)8-7-5(3)6/h6H2,1-2H3. The fourth-order valence-electron chi connectivity index (χ4n) is 0.529. The van der Waals surface area contributed by atoms with Crippen LogP contribution in [0.5, 0.6) is 0 Å². The zero-order valence-electron chi connectivity index (χ0n) is 5.36.